The molecule has 0 unspecified atom stereocenters. The van der Waals surface area contributed by atoms with Crippen molar-refractivity contribution in [3.63, 3.8) is 0 Å². The number of amides is 1. The van der Waals surface area contributed by atoms with Gasteiger partial charge in [0, 0.05) is 13.2 Å². The van der Waals surface area contributed by atoms with E-state index in [1.165, 1.54) is 0 Å². The van der Waals surface area contributed by atoms with Gasteiger partial charge < -0.3 is 14.8 Å². The van der Waals surface area contributed by atoms with Crippen LogP contribution in [0.4, 0.5) is 0 Å². The minimum atomic E-state index is -0.492. The molecule has 23 heavy (non-hydrogen) atoms. The number of ether oxygens (including phenoxy) is 2. The number of benzene rings is 2. The molecule has 1 heterocycles. The lowest BCUT2D eigenvalue weighted by Crippen LogP contribution is -2.34. The lowest BCUT2D eigenvalue weighted by molar-refractivity contribution is -0.124. The number of carbonyl (C=O) groups excluding carboxylic acids is 2. The first-order valence-electron chi connectivity index (χ1n) is 7.77. The minimum Gasteiger partial charge on any atom is -0.452 e. The average molecular weight is 313 g/mol. The summed E-state index contributed by atoms with van der Waals surface area (Å²) in [6.07, 6.45) is 2.06. The van der Waals surface area contributed by atoms with Crippen LogP contribution in [0, 0.1) is 0 Å². The van der Waals surface area contributed by atoms with Gasteiger partial charge in [0.05, 0.1) is 11.7 Å². The maximum atomic E-state index is 12.2. The second-order valence-electron chi connectivity index (χ2n) is 5.54. The maximum absolute atomic E-state index is 12.2. The summed E-state index contributed by atoms with van der Waals surface area (Å²) in [4.78, 5) is 24.0. The van der Waals surface area contributed by atoms with Gasteiger partial charge in [-0.2, -0.15) is 0 Å². The Labute approximate surface area is 134 Å². The van der Waals surface area contributed by atoms with Crippen molar-refractivity contribution in [3.05, 3.63) is 48.0 Å². The Morgan fingerprint density at radius 3 is 2.83 bits per heavy atom. The zero-order chi connectivity index (χ0) is 16.1. The van der Waals surface area contributed by atoms with Gasteiger partial charge in [0.1, 0.15) is 0 Å². The number of rotatable bonds is 5. The summed E-state index contributed by atoms with van der Waals surface area (Å²) in [5, 5.41) is 4.51. The molecule has 1 aliphatic rings. The van der Waals surface area contributed by atoms with Crippen molar-refractivity contribution in [1.82, 2.24) is 5.32 Å². The van der Waals surface area contributed by atoms with E-state index in [1.54, 1.807) is 12.1 Å². The van der Waals surface area contributed by atoms with Gasteiger partial charge in [-0.05, 0) is 29.7 Å². The normalized spacial score (nSPS) is 17.1. The molecule has 1 amide bonds. The third kappa shape index (κ3) is 3.87. The number of hydrogen-bond donors (Lipinski definition) is 1. The lowest BCUT2D eigenvalue weighted by Gasteiger charge is -2.11. The second-order valence-corrected chi connectivity index (χ2v) is 5.54. The van der Waals surface area contributed by atoms with Gasteiger partial charge in [-0.25, -0.2) is 4.79 Å². The summed E-state index contributed by atoms with van der Waals surface area (Å²) in [5.74, 6) is -0.803. The molecule has 0 radical (unpaired) electrons. The molecule has 0 bridgehead atoms. The molecule has 5 nitrogen and oxygen atoms in total. The van der Waals surface area contributed by atoms with Crippen LogP contribution in [0.5, 0.6) is 0 Å². The molecule has 1 atom stereocenters. The highest BCUT2D eigenvalue weighted by molar-refractivity contribution is 6.04. The molecule has 2 aromatic carbocycles. The molecule has 120 valence electrons. The molecule has 0 saturated carbocycles. The quantitative estimate of drug-likeness (QED) is 0.860. The molecule has 0 spiro atoms. The van der Waals surface area contributed by atoms with E-state index >= 15 is 0 Å². The molecule has 0 aromatic heterocycles. The SMILES string of the molecule is O=C(COC(=O)c1cccc2ccccc12)NC[C@@H]1CCCO1. The Balaban J connectivity index is 1.55. The Morgan fingerprint density at radius 2 is 2.00 bits per heavy atom. The van der Waals surface area contributed by atoms with E-state index in [2.05, 4.69) is 5.32 Å². The molecule has 0 aliphatic carbocycles. The third-order valence-corrected chi connectivity index (χ3v) is 3.89. The van der Waals surface area contributed by atoms with E-state index in [0.717, 1.165) is 30.2 Å². The van der Waals surface area contributed by atoms with Crippen LogP contribution in [-0.4, -0.2) is 37.7 Å². The van der Waals surface area contributed by atoms with Crippen molar-refractivity contribution in [2.24, 2.45) is 0 Å². The smallest absolute Gasteiger partial charge is 0.339 e. The van der Waals surface area contributed by atoms with E-state index in [0.29, 0.717) is 12.1 Å². The topological polar surface area (TPSA) is 64.6 Å². The Morgan fingerprint density at radius 1 is 1.17 bits per heavy atom. The van der Waals surface area contributed by atoms with Gasteiger partial charge in [0.15, 0.2) is 6.61 Å². The van der Waals surface area contributed by atoms with Crippen LogP contribution in [0.1, 0.15) is 23.2 Å². The molecular weight excluding hydrogens is 294 g/mol. The summed E-state index contributed by atoms with van der Waals surface area (Å²) in [6, 6.07) is 13.0. The Hall–Kier alpha value is -2.40. The summed E-state index contributed by atoms with van der Waals surface area (Å²) in [5.41, 5.74) is 0.468. The number of fused-ring (bicyclic) bond motifs is 1. The summed E-state index contributed by atoms with van der Waals surface area (Å²) in [6.45, 7) is 0.927. The van der Waals surface area contributed by atoms with Crippen LogP contribution in [0.2, 0.25) is 0 Å². The van der Waals surface area contributed by atoms with Gasteiger partial charge in [-0.3, -0.25) is 4.79 Å². The fourth-order valence-corrected chi connectivity index (χ4v) is 2.70. The van der Waals surface area contributed by atoms with Crippen LogP contribution in [0.15, 0.2) is 42.5 Å². The highest BCUT2D eigenvalue weighted by Gasteiger charge is 2.17. The summed E-state index contributed by atoms with van der Waals surface area (Å²) >= 11 is 0. The van der Waals surface area contributed by atoms with Gasteiger partial charge in [-0.1, -0.05) is 36.4 Å². The molecule has 1 N–H and O–H groups in total. The number of nitrogens with one attached hydrogen (secondary N) is 1. The summed E-state index contributed by atoms with van der Waals surface area (Å²) in [7, 11) is 0. The fraction of sp³-hybridized carbons (Fsp3) is 0.333. The van der Waals surface area contributed by atoms with E-state index < -0.39 is 5.97 Å². The molecule has 1 saturated heterocycles. The van der Waals surface area contributed by atoms with E-state index in [-0.39, 0.29) is 18.6 Å². The highest BCUT2D eigenvalue weighted by atomic mass is 16.5. The van der Waals surface area contributed by atoms with Crippen molar-refractivity contribution >= 4 is 22.6 Å². The standard InChI is InChI=1S/C18H19NO4/c20-17(19-11-14-7-4-10-22-14)12-23-18(21)16-9-3-6-13-5-1-2-8-15(13)16/h1-3,5-6,8-9,14H,4,7,10-12H2,(H,19,20)/t14-/m0/s1. The van der Waals surface area contributed by atoms with Gasteiger partial charge in [-0.15, -0.1) is 0 Å². The van der Waals surface area contributed by atoms with Crippen LogP contribution >= 0.6 is 0 Å². The van der Waals surface area contributed by atoms with Crippen molar-refractivity contribution in [2.45, 2.75) is 18.9 Å². The first-order valence-corrected chi connectivity index (χ1v) is 7.77. The molecule has 3 rings (SSSR count). The average Bonchev–Trinajstić information content (AvgIpc) is 3.11. The predicted octanol–water partition coefficient (Wildman–Crippen LogP) is 2.29. The number of esters is 1. The van der Waals surface area contributed by atoms with Crippen molar-refractivity contribution in [3.8, 4) is 0 Å². The van der Waals surface area contributed by atoms with Crippen molar-refractivity contribution in [1.29, 1.82) is 0 Å². The van der Waals surface area contributed by atoms with Crippen LogP contribution in [0.3, 0.4) is 0 Å². The zero-order valence-corrected chi connectivity index (χ0v) is 12.8. The zero-order valence-electron chi connectivity index (χ0n) is 12.8. The molecule has 1 fully saturated rings. The van der Waals surface area contributed by atoms with Crippen molar-refractivity contribution < 1.29 is 19.1 Å². The van der Waals surface area contributed by atoms with Crippen LogP contribution in [-0.2, 0) is 14.3 Å². The fourth-order valence-electron chi connectivity index (χ4n) is 2.70. The first-order chi connectivity index (χ1) is 11.2. The van der Waals surface area contributed by atoms with Gasteiger partial charge in [0.25, 0.3) is 5.91 Å². The Kier molecular flexibility index (Phi) is 4.88. The lowest BCUT2D eigenvalue weighted by atomic mass is 10.1. The Bertz CT molecular complexity index is 702. The van der Waals surface area contributed by atoms with Crippen LogP contribution < -0.4 is 5.32 Å². The van der Waals surface area contributed by atoms with Crippen LogP contribution in [0.25, 0.3) is 10.8 Å². The number of hydrogen-bond acceptors (Lipinski definition) is 4. The van der Waals surface area contributed by atoms with E-state index in [9.17, 15) is 9.59 Å². The second kappa shape index (κ2) is 7.24. The summed E-state index contributed by atoms with van der Waals surface area (Å²) < 4.78 is 10.5. The van der Waals surface area contributed by atoms with E-state index in [4.69, 9.17) is 9.47 Å². The molecule has 1 aliphatic heterocycles. The van der Waals surface area contributed by atoms with Gasteiger partial charge >= 0.3 is 5.97 Å². The molecular formula is C18H19NO4. The van der Waals surface area contributed by atoms with Crippen molar-refractivity contribution in [2.75, 3.05) is 19.8 Å². The van der Waals surface area contributed by atoms with E-state index in [1.807, 2.05) is 30.3 Å². The highest BCUT2D eigenvalue weighted by Crippen LogP contribution is 2.19. The predicted molar refractivity (Wildman–Crippen MR) is 86.2 cm³/mol. The minimum absolute atomic E-state index is 0.0766. The molecule has 5 heteroatoms. The molecule has 2 aromatic rings. The maximum Gasteiger partial charge on any atom is 0.339 e. The first kappa shape index (κ1) is 15.5. The number of carbonyl (C=O) groups is 2. The largest absolute Gasteiger partial charge is 0.452 e. The third-order valence-electron chi connectivity index (χ3n) is 3.89. The van der Waals surface area contributed by atoms with Gasteiger partial charge in [0.2, 0.25) is 0 Å². The monoisotopic (exact) mass is 313 g/mol.